The number of benzene rings is 1. The van der Waals surface area contributed by atoms with Crippen LogP contribution in [0.25, 0.3) is 0 Å². The Bertz CT molecular complexity index is 695. The number of ether oxygens (including phenoxy) is 1. The van der Waals surface area contributed by atoms with Gasteiger partial charge in [-0.15, -0.1) is 24.0 Å². The van der Waals surface area contributed by atoms with Crippen molar-refractivity contribution in [3.8, 4) is 5.75 Å². The molecule has 0 aliphatic carbocycles. The molecular weight excluding hydrogens is 452 g/mol. The van der Waals surface area contributed by atoms with Crippen LogP contribution < -0.4 is 15.4 Å². The van der Waals surface area contributed by atoms with E-state index in [-0.39, 0.29) is 35.9 Å². The Labute approximate surface area is 169 Å². The summed E-state index contributed by atoms with van der Waals surface area (Å²) in [5, 5.41) is 10.1. The molecular formula is C17H25FIN5O2. The van der Waals surface area contributed by atoms with Gasteiger partial charge in [0.1, 0.15) is 17.7 Å². The lowest BCUT2D eigenvalue weighted by Gasteiger charge is -2.15. The lowest BCUT2D eigenvalue weighted by molar-refractivity contribution is 0.229. The first-order chi connectivity index (χ1) is 12.1. The Morgan fingerprint density at radius 2 is 2.19 bits per heavy atom. The van der Waals surface area contributed by atoms with E-state index >= 15 is 0 Å². The van der Waals surface area contributed by atoms with E-state index in [9.17, 15) is 4.39 Å². The van der Waals surface area contributed by atoms with Gasteiger partial charge < -0.3 is 19.9 Å². The van der Waals surface area contributed by atoms with E-state index < -0.39 is 0 Å². The Hall–Kier alpha value is -1.91. The lowest BCUT2D eigenvalue weighted by Crippen LogP contribution is -2.39. The Morgan fingerprint density at radius 3 is 2.85 bits per heavy atom. The molecule has 0 fully saturated rings. The Morgan fingerprint density at radius 1 is 1.38 bits per heavy atom. The minimum Gasteiger partial charge on any atom is -0.489 e. The van der Waals surface area contributed by atoms with Gasteiger partial charge in [-0.3, -0.25) is 0 Å². The molecule has 1 unspecified atom stereocenters. The van der Waals surface area contributed by atoms with Gasteiger partial charge in [-0.1, -0.05) is 11.2 Å². The molecule has 0 spiro atoms. The van der Waals surface area contributed by atoms with Crippen LogP contribution in [-0.2, 0) is 6.42 Å². The van der Waals surface area contributed by atoms with Crippen LogP contribution in [0.1, 0.15) is 25.6 Å². The smallest absolute Gasteiger partial charge is 0.228 e. The topological polar surface area (TPSA) is 84.6 Å². The van der Waals surface area contributed by atoms with Crippen LogP contribution in [-0.4, -0.2) is 41.8 Å². The quantitative estimate of drug-likeness (QED) is 0.346. The third-order valence-electron chi connectivity index (χ3n) is 3.19. The molecule has 0 radical (unpaired) electrons. The minimum absolute atomic E-state index is 0. The van der Waals surface area contributed by atoms with Crippen molar-refractivity contribution < 1.29 is 13.7 Å². The SMILES string of the molecule is CCNC(=NCC(C)Oc1cccc(F)c1)NCCc1nc(C)no1.I. The maximum atomic E-state index is 13.2. The first-order valence-electron chi connectivity index (χ1n) is 8.30. The number of guanidine groups is 1. The van der Waals surface area contributed by atoms with Crippen molar-refractivity contribution in [1.29, 1.82) is 0 Å². The average Bonchev–Trinajstić information content (AvgIpc) is 2.98. The molecule has 0 bridgehead atoms. The number of nitrogens with one attached hydrogen (secondary N) is 2. The van der Waals surface area contributed by atoms with E-state index in [2.05, 4.69) is 25.8 Å². The number of rotatable bonds is 8. The van der Waals surface area contributed by atoms with Crippen LogP contribution in [0.2, 0.25) is 0 Å². The summed E-state index contributed by atoms with van der Waals surface area (Å²) in [7, 11) is 0. The van der Waals surface area contributed by atoms with Crippen LogP contribution in [0.3, 0.4) is 0 Å². The number of hydrogen-bond donors (Lipinski definition) is 2. The maximum Gasteiger partial charge on any atom is 0.228 e. The fourth-order valence-corrected chi connectivity index (χ4v) is 2.10. The molecule has 0 amide bonds. The number of halogens is 2. The summed E-state index contributed by atoms with van der Waals surface area (Å²) in [5.74, 6) is 2.06. The molecule has 7 nitrogen and oxygen atoms in total. The van der Waals surface area contributed by atoms with Crippen molar-refractivity contribution in [3.05, 3.63) is 41.8 Å². The van der Waals surface area contributed by atoms with E-state index in [1.165, 1.54) is 12.1 Å². The molecule has 1 aromatic carbocycles. The number of nitrogens with zero attached hydrogens (tertiary/aromatic N) is 3. The van der Waals surface area contributed by atoms with Gasteiger partial charge in [0, 0.05) is 25.6 Å². The highest BCUT2D eigenvalue weighted by Crippen LogP contribution is 2.13. The van der Waals surface area contributed by atoms with Gasteiger partial charge in [0.15, 0.2) is 11.8 Å². The zero-order chi connectivity index (χ0) is 18.1. The van der Waals surface area contributed by atoms with E-state index in [1.54, 1.807) is 19.1 Å². The van der Waals surface area contributed by atoms with Crippen molar-refractivity contribution in [2.45, 2.75) is 33.3 Å². The normalized spacial score (nSPS) is 12.2. The highest BCUT2D eigenvalue weighted by Gasteiger charge is 2.06. The second-order valence-corrected chi connectivity index (χ2v) is 5.52. The number of aliphatic imine (C=N–C) groups is 1. The largest absolute Gasteiger partial charge is 0.489 e. The van der Waals surface area contributed by atoms with Gasteiger partial charge in [-0.05, 0) is 32.9 Å². The summed E-state index contributed by atoms with van der Waals surface area (Å²) in [6.45, 7) is 7.46. The van der Waals surface area contributed by atoms with Crippen molar-refractivity contribution in [3.63, 3.8) is 0 Å². The third-order valence-corrected chi connectivity index (χ3v) is 3.19. The third kappa shape index (κ3) is 7.98. The zero-order valence-corrected chi connectivity index (χ0v) is 17.5. The van der Waals surface area contributed by atoms with Crippen LogP contribution in [0.5, 0.6) is 5.75 Å². The molecule has 0 aliphatic heterocycles. The zero-order valence-electron chi connectivity index (χ0n) is 15.2. The molecule has 0 saturated heterocycles. The standard InChI is InChI=1S/C17H24FN5O2.HI/c1-4-19-17(20-9-8-16-22-13(3)23-25-16)21-11-12(2)24-15-7-5-6-14(18)10-15;/h5-7,10,12H,4,8-9,11H2,1-3H3,(H2,19,20,21);1H. The molecule has 1 aromatic heterocycles. The number of hydrogen-bond acceptors (Lipinski definition) is 5. The first kappa shape index (κ1) is 22.1. The summed E-state index contributed by atoms with van der Waals surface area (Å²) in [5.41, 5.74) is 0. The van der Waals surface area contributed by atoms with Gasteiger partial charge in [0.2, 0.25) is 5.89 Å². The van der Waals surface area contributed by atoms with Crippen molar-refractivity contribution in [2.24, 2.45) is 4.99 Å². The van der Waals surface area contributed by atoms with Crippen LogP contribution >= 0.6 is 24.0 Å². The molecule has 26 heavy (non-hydrogen) atoms. The predicted octanol–water partition coefficient (Wildman–Crippen LogP) is 2.70. The molecule has 2 N–H and O–H groups in total. The van der Waals surface area contributed by atoms with Crippen LogP contribution in [0, 0.1) is 12.7 Å². The molecule has 9 heteroatoms. The second-order valence-electron chi connectivity index (χ2n) is 5.52. The molecule has 1 atom stereocenters. The average molecular weight is 477 g/mol. The summed E-state index contributed by atoms with van der Waals surface area (Å²) in [6, 6.07) is 6.08. The van der Waals surface area contributed by atoms with Gasteiger partial charge >= 0.3 is 0 Å². The van der Waals surface area contributed by atoms with E-state index in [4.69, 9.17) is 9.26 Å². The second kappa shape index (κ2) is 11.7. The first-order valence-corrected chi connectivity index (χ1v) is 8.30. The molecule has 0 aliphatic rings. The van der Waals surface area contributed by atoms with Crippen LogP contribution in [0.15, 0.2) is 33.8 Å². The van der Waals surface area contributed by atoms with E-state index in [1.807, 2.05) is 13.8 Å². The molecule has 2 aromatic rings. The summed E-state index contributed by atoms with van der Waals surface area (Å²) >= 11 is 0. The molecule has 0 saturated carbocycles. The Kier molecular flexibility index (Phi) is 9.92. The molecule has 2 rings (SSSR count). The van der Waals surface area contributed by atoms with Gasteiger partial charge in [-0.2, -0.15) is 4.98 Å². The van der Waals surface area contributed by atoms with E-state index in [0.29, 0.717) is 42.9 Å². The minimum atomic E-state index is -0.320. The predicted molar refractivity (Wildman–Crippen MR) is 109 cm³/mol. The summed E-state index contributed by atoms with van der Waals surface area (Å²) in [4.78, 5) is 8.63. The Balaban J connectivity index is 0.00000338. The van der Waals surface area contributed by atoms with Gasteiger partial charge in [0.25, 0.3) is 0 Å². The van der Waals surface area contributed by atoms with Crippen molar-refractivity contribution in [1.82, 2.24) is 20.8 Å². The van der Waals surface area contributed by atoms with Gasteiger partial charge in [-0.25, -0.2) is 9.38 Å². The van der Waals surface area contributed by atoms with E-state index in [0.717, 1.165) is 6.54 Å². The highest BCUT2D eigenvalue weighted by atomic mass is 127. The summed E-state index contributed by atoms with van der Waals surface area (Å²) < 4.78 is 23.9. The maximum absolute atomic E-state index is 13.2. The van der Waals surface area contributed by atoms with Crippen molar-refractivity contribution in [2.75, 3.05) is 19.6 Å². The molecule has 1 heterocycles. The monoisotopic (exact) mass is 477 g/mol. The highest BCUT2D eigenvalue weighted by molar-refractivity contribution is 14.0. The molecule has 144 valence electrons. The lowest BCUT2D eigenvalue weighted by atomic mass is 10.3. The van der Waals surface area contributed by atoms with Crippen LogP contribution in [0.4, 0.5) is 4.39 Å². The fourth-order valence-electron chi connectivity index (χ4n) is 2.10. The number of aromatic nitrogens is 2. The van der Waals surface area contributed by atoms with Crippen molar-refractivity contribution >= 4 is 29.9 Å². The fraction of sp³-hybridized carbons (Fsp3) is 0.471. The summed E-state index contributed by atoms with van der Waals surface area (Å²) in [6.07, 6.45) is 0.427. The van der Waals surface area contributed by atoms with Gasteiger partial charge in [0.05, 0.1) is 6.54 Å². The number of aryl methyl sites for hydroxylation is 1.